The van der Waals surface area contributed by atoms with Gasteiger partial charge in [0.15, 0.2) is 0 Å². The molecule has 0 radical (unpaired) electrons. The van der Waals surface area contributed by atoms with E-state index in [2.05, 4.69) is 0 Å². The second-order valence-corrected chi connectivity index (χ2v) is 5.88. The van der Waals surface area contributed by atoms with Gasteiger partial charge in [-0.05, 0) is 43.2 Å². The molecule has 0 N–H and O–H groups in total. The van der Waals surface area contributed by atoms with Gasteiger partial charge in [0.1, 0.15) is 12.2 Å². The average Bonchev–Trinajstić information content (AvgIpc) is 2.58. The van der Waals surface area contributed by atoms with Gasteiger partial charge in [-0.15, -0.1) is 0 Å². The van der Waals surface area contributed by atoms with Crippen molar-refractivity contribution in [3.05, 3.63) is 47.5 Å². The highest BCUT2D eigenvalue weighted by molar-refractivity contribution is 6.13. The third-order valence-corrected chi connectivity index (χ3v) is 4.50. The van der Waals surface area contributed by atoms with E-state index in [4.69, 9.17) is 9.47 Å². The quantitative estimate of drug-likeness (QED) is 0.698. The first kappa shape index (κ1) is 13.3. The highest BCUT2D eigenvalue weighted by Crippen LogP contribution is 2.31. The molecular weight excluding hydrogens is 280 g/mol. The Bertz CT molecular complexity index is 704. The second kappa shape index (κ2) is 5.13. The lowest BCUT2D eigenvalue weighted by Gasteiger charge is -2.30. The normalized spacial score (nSPS) is 24.5. The first-order chi connectivity index (χ1) is 10.7. The van der Waals surface area contributed by atoms with E-state index in [-0.39, 0.29) is 24.1 Å². The molecule has 0 bridgehead atoms. The Labute approximate surface area is 128 Å². The fourth-order valence-electron chi connectivity index (χ4n) is 3.42. The highest BCUT2D eigenvalue weighted by atomic mass is 16.6. The molecule has 2 aliphatic rings. The van der Waals surface area contributed by atoms with E-state index in [1.807, 2.05) is 24.3 Å². The molecule has 1 fully saturated rings. The maximum absolute atomic E-state index is 12.6. The van der Waals surface area contributed by atoms with Crippen molar-refractivity contribution in [1.82, 2.24) is 0 Å². The summed E-state index contributed by atoms with van der Waals surface area (Å²) in [6.45, 7) is 0. The van der Waals surface area contributed by atoms with Gasteiger partial charge in [-0.25, -0.2) is 9.59 Å². The number of rotatable bonds is 0. The van der Waals surface area contributed by atoms with Gasteiger partial charge in [-0.2, -0.15) is 0 Å². The maximum atomic E-state index is 12.6. The van der Waals surface area contributed by atoms with Crippen LogP contribution in [0.4, 0.5) is 0 Å². The Morgan fingerprint density at radius 3 is 1.77 bits per heavy atom. The fourth-order valence-corrected chi connectivity index (χ4v) is 3.42. The number of benzene rings is 2. The summed E-state index contributed by atoms with van der Waals surface area (Å²) < 4.78 is 11.3. The minimum atomic E-state index is -0.367. The van der Waals surface area contributed by atoms with Gasteiger partial charge in [0.05, 0.1) is 11.1 Å². The molecule has 2 atom stereocenters. The van der Waals surface area contributed by atoms with Gasteiger partial charge < -0.3 is 9.47 Å². The Kier molecular flexibility index (Phi) is 3.10. The van der Waals surface area contributed by atoms with Crippen LogP contribution < -0.4 is 0 Å². The van der Waals surface area contributed by atoms with Crippen molar-refractivity contribution in [2.24, 2.45) is 0 Å². The highest BCUT2D eigenvalue weighted by Gasteiger charge is 2.34. The summed E-state index contributed by atoms with van der Waals surface area (Å²) in [5.74, 6) is -0.735. The van der Waals surface area contributed by atoms with Gasteiger partial charge in [-0.1, -0.05) is 24.3 Å². The van der Waals surface area contributed by atoms with Crippen LogP contribution in [0.5, 0.6) is 0 Å². The van der Waals surface area contributed by atoms with Crippen molar-refractivity contribution in [3.63, 3.8) is 0 Å². The number of carbonyl (C=O) groups excluding carboxylic acids is 2. The van der Waals surface area contributed by atoms with E-state index < -0.39 is 0 Å². The van der Waals surface area contributed by atoms with Crippen LogP contribution in [0.2, 0.25) is 0 Å². The third kappa shape index (κ3) is 2.06. The molecule has 0 saturated heterocycles. The minimum absolute atomic E-state index is 0.338. The van der Waals surface area contributed by atoms with Gasteiger partial charge in [0.2, 0.25) is 0 Å². The van der Waals surface area contributed by atoms with Crippen molar-refractivity contribution in [1.29, 1.82) is 0 Å². The van der Waals surface area contributed by atoms with Crippen LogP contribution in [0, 0.1) is 0 Å². The Hall–Kier alpha value is -2.36. The molecule has 2 aromatic rings. The summed E-state index contributed by atoms with van der Waals surface area (Å²) in [4.78, 5) is 25.1. The van der Waals surface area contributed by atoms with Crippen LogP contribution >= 0.6 is 0 Å². The number of hydrogen-bond donors (Lipinski definition) is 0. The molecule has 1 aliphatic carbocycles. The zero-order chi connectivity index (χ0) is 15.1. The summed E-state index contributed by atoms with van der Waals surface area (Å²) in [7, 11) is 0. The molecule has 0 spiro atoms. The lowest BCUT2D eigenvalue weighted by atomic mass is 9.94. The molecule has 4 nitrogen and oxygen atoms in total. The monoisotopic (exact) mass is 296 g/mol. The standard InChI is InChI=1S/C18H16O4/c19-17-12-7-3-5-11-6-4-8-13(16(11)12)18(20)22-15-10-2-1-9-14(15)21-17/h3-8,14-15H,1-2,9-10H2. The molecule has 4 heteroatoms. The molecule has 22 heavy (non-hydrogen) atoms. The van der Waals surface area contributed by atoms with Gasteiger partial charge in [0, 0.05) is 5.39 Å². The second-order valence-electron chi connectivity index (χ2n) is 5.88. The largest absolute Gasteiger partial charge is 0.455 e. The van der Waals surface area contributed by atoms with E-state index >= 15 is 0 Å². The topological polar surface area (TPSA) is 52.6 Å². The van der Waals surface area contributed by atoms with E-state index in [9.17, 15) is 9.59 Å². The summed E-state index contributed by atoms with van der Waals surface area (Å²) in [6.07, 6.45) is 2.79. The zero-order valence-corrected chi connectivity index (χ0v) is 12.1. The number of ether oxygens (including phenoxy) is 2. The third-order valence-electron chi connectivity index (χ3n) is 4.50. The molecule has 1 heterocycles. The van der Waals surface area contributed by atoms with Crippen LogP contribution in [-0.4, -0.2) is 24.1 Å². The summed E-state index contributed by atoms with van der Waals surface area (Å²) in [6, 6.07) is 10.8. The molecule has 0 amide bonds. The molecular formula is C18H16O4. The number of hydrogen-bond acceptors (Lipinski definition) is 4. The zero-order valence-electron chi connectivity index (χ0n) is 12.1. The molecule has 4 rings (SSSR count). The van der Waals surface area contributed by atoms with Crippen LogP contribution in [0.25, 0.3) is 10.8 Å². The SMILES string of the molecule is O=C1OC2CCCCC2OC(=O)c2cccc3cccc1c23. The molecule has 2 aromatic carbocycles. The number of fused-ring (bicyclic) bond motifs is 1. The van der Waals surface area contributed by atoms with E-state index in [1.54, 1.807) is 12.1 Å². The van der Waals surface area contributed by atoms with Crippen LogP contribution in [0.15, 0.2) is 36.4 Å². The van der Waals surface area contributed by atoms with Crippen molar-refractivity contribution in [2.45, 2.75) is 37.9 Å². The lowest BCUT2D eigenvalue weighted by Crippen LogP contribution is -2.37. The molecule has 1 aliphatic heterocycles. The predicted molar refractivity (Wildman–Crippen MR) is 80.8 cm³/mol. The molecule has 0 aromatic heterocycles. The molecule has 2 unspecified atom stereocenters. The van der Waals surface area contributed by atoms with Crippen LogP contribution in [-0.2, 0) is 9.47 Å². The summed E-state index contributed by atoms with van der Waals surface area (Å²) in [5.41, 5.74) is 0.882. The molecule has 1 saturated carbocycles. The summed E-state index contributed by atoms with van der Waals surface area (Å²) in [5, 5.41) is 1.47. The smallest absolute Gasteiger partial charge is 0.339 e. The minimum Gasteiger partial charge on any atom is -0.455 e. The first-order valence-corrected chi connectivity index (χ1v) is 7.68. The van der Waals surface area contributed by atoms with E-state index in [0.29, 0.717) is 16.5 Å². The fraction of sp³-hybridized carbons (Fsp3) is 0.333. The Balaban J connectivity index is 1.92. The van der Waals surface area contributed by atoms with E-state index in [1.165, 1.54) is 0 Å². The van der Waals surface area contributed by atoms with Crippen molar-refractivity contribution in [2.75, 3.05) is 0 Å². The lowest BCUT2D eigenvalue weighted by molar-refractivity contribution is -0.0505. The molecule has 112 valence electrons. The number of esters is 2. The van der Waals surface area contributed by atoms with Gasteiger partial charge in [0.25, 0.3) is 0 Å². The van der Waals surface area contributed by atoms with Gasteiger partial charge >= 0.3 is 11.9 Å². The van der Waals surface area contributed by atoms with Crippen LogP contribution in [0.1, 0.15) is 46.4 Å². The maximum Gasteiger partial charge on any atom is 0.339 e. The van der Waals surface area contributed by atoms with Crippen molar-refractivity contribution < 1.29 is 19.1 Å². The first-order valence-electron chi connectivity index (χ1n) is 7.68. The van der Waals surface area contributed by atoms with Crippen molar-refractivity contribution in [3.8, 4) is 0 Å². The predicted octanol–water partition coefficient (Wildman–Crippen LogP) is 3.48. The van der Waals surface area contributed by atoms with Gasteiger partial charge in [-0.3, -0.25) is 0 Å². The van der Waals surface area contributed by atoms with Crippen molar-refractivity contribution >= 4 is 22.7 Å². The Morgan fingerprint density at radius 2 is 1.27 bits per heavy atom. The average molecular weight is 296 g/mol. The van der Waals surface area contributed by atoms with E-state index in [0.717, 1.165) is 31.1 Å². The Morgan fingerprint density at radius 1 is 0.773 bits per heavy atom. The summed E-state index contributed by atoms with van der Waals surface area (Å²) >= 11 is 0. The number of carbonyl (C=O) groups is 2. The van der Waals surface area contributed by atoms with Crippen LogP contribution in [0.3, 0.4) is 0 Å².